The van der Waals surface area contributed by atoms with Gasteiger partial charge in [-0.05, 0) is 18.2 Å². The fourth-order valence-electron chi connectivity index (χ4n) is 2.76. The molecule has 1 aromatic heterocycles. The molecule has 0 aliphatic carbocycles. The number of urea groups is 1. The molecule has 0 saturated carbocycles. The number of fused-ring (bicyclic) bond motifs is 1. The van der Waals surface area contributed by atoms with E-state index in [9.17, 15) is 9.59 Å². The number of carbonyl (C=O) groups is 2. The molecule has 134 valence electrons. The SMILES string of the molecule is CC(C)(C)c1nc2cc(NC(=O)NC3C(=O)NCC3(C)C)ccc2o1. The molecule has 7 heteroatoms. The largest absolute Gasteiger partial charge is 0.440 e. The second-order valence-corrected chi connectivity index (χ2v) is 8.19. The summed E-state index contributed by atoms with van der Waals surface area (Å²) in [5.41, 5.74) is 1.43. The van der Waals surface area contributed by atoms with Crippen LogP contribution in [0.5, 0.6) is 0 Å². The maximum Gasteiger partial charge on any atom is 0.319 e. The van der Waals surface area contributed by atoms with Gasteiger partial charge in [-0.25, -0.2) is 9.78 Å². The van der Waals surface area contributed by atoms with E-state index in [0.717, 1.165) is 0 Å². The van der Waals surface area contributed by atoms with Gasteiger partial charge in [-0.1, -0.05) is 34.6 Å². The summed E-state index contributed by atoms with van der Waals surface area (Å²) in [6.07, 6.45) is 0. The first-order valence-corrected chi connectivity index (χ1v) is 8.32. The van der Waals surface area contributed by atoms with E-state index in [1.165, 1.54) is 0 Å². The highest BCUT2D eigenvalue weighted by Crippen LogP contribution is 2.28. The molecule has 1 unspecified atom stereocenters. The molecule has 0 radical (unpaired) electrons. The van der Waals surface area contributed by atoms with E-state index in [1.54, 1.807) is 18.2 Å². The van der Waals surface area contributed by atoms with Crippen molar-refractivity contribution in [2.24, 2.45) is 5.41 Å². The predicted molar refractivity (Wildman–Crippen MR) is 95.4 cm³/mol. The summed E-state index contributed by atoms with van der Waals surface area (Å²) in [6, 6.07) is 4.30. The number of benzene rings is 1. The topological polar surface area (TPSA) is 96.3 Å². The van der Waals surface area contributed by atoms with Gasteiger partial charge in [-0.2, -0.15) is 0 Å². The third-order valence-corrected chi connectivity index (χ3v) is 4.32. The number of hydrogen-bond acceptors (Lipinski definition) is 4. The lowest BCUT2D eigenvalue weighted by Crippen LogP contribution is -2.48. The minimum atomic E-state index is -0.559. The first-order chi connectivity index (χ1) is 11.6. The summed E-state index contributed by atoms with van der Waals surface area (Å²) < 4.78 is 5.75. The molecule has 0 spiro atoms. The van der Waals surface area contributed by atoms with E-state index in [4.69, 9.17) is 4.42 Å². The van der Waals surface area contributed by atoms with Crippen LogP contribution in [0.15, 0.2) is 22.6 Å². The van der Waals surface area contributed by atoms with Crippen LogP contribution in [0.3, 0.4) is 0 Å². The predicted octanol–water partition coefficient (Wildman–Crippen LogP) is 2.77. The molecule has 0 bridgehead atoms. The van der Waals surface area contributed by atoms with Gasteiger partial charge in [0.1, 0.15) is 11.6 Å². The lowest BCUT2D eigenvalue weighted by molar-refractivity contribution is -0.121. The number of nitrogens with zero attached hydrogens (tertiary/aromatic N) is 1. The monoisotopic (exact) mass is 344 g/mol. The van der Waals surface area contributed by atoms with Crippen LogP contribution in [0.25, 0.3) is 11.1 Å². The summed E-state index contributed by atoms with van der Waals surface area (Å²) in [7, 11) is 0. The molecule has 3 rings (SSSR count). The van der Waals surface area contributed by atoms with E-state index < -0.39 is 12.1 Å². The molecule has 1 fully saturated rings. The van der Waals surface area contributed by atoms with Crippen molar-refractivity contribution in [2.75, 3.05) is 11.9 Å². The fraction of sp³-hybridized carbons (Fsp3) is 0.500. The molecule has 3 amide bonds. The average molecular weight is 344 g/mol. The highest BCUT2D eigenvalue weighted by atomic mass is 16.3. The Morgan fingerprint density at radius 3 is 2.68 bits per heavy atom. The third kappa shape index (κ3) is 3.45. The first-order valence-electron chi connectivity index (χ1n) is 8.32. The number of oxazole rings is 1. The lowest BCUT2D eigenvalue weighted by Gasteiger charge is -2.24. The van der Waals surface area contributed by atoms with E-state index in [2.05, 4.69) is 20.9 Å². The molecule has 1 aromatic carbocycles. The van der Waals surface area contributed by atoms with Crippen LogP contribution in [0.4, 0.5) is 10.5 Å². The van der Waals surface area contributed by atoms with Crippen molar-refractivity contribution < 1.29 is 14.0 Å². The number of anilines is 1. The second kappa shape index (κ2) is 5.75. The van der Waals surface area contributed by atoms with Crippen molar-refractivity contribution >= 4 is 28.7 Å². The first kappa shape index (κ1) is 17.3. The zero-order valence-electron chi connectivity index (χ0n) is 15.2. The van der Waals surface area contributed by atoms with E-state index >= 15 is 0 Å². The number of nitrogens with one attached hydrogen (secondary N) is 3. The van der Waals surface area contributed by atoms with Crippen molar-refractivity contribution in [3.63, 3.8) is 0 Å². The Balaban J connectivity index is 1.74. The fourth-order valence-corrected chi connectivity index (χ4v) is 2.76. The van der Waals surface area contributed by atoms with E-state index in [0.29, 0.717) is 29.2 Å². The smallest absolute Gasteiger partial charge is 0.319 e. The Morgan fingerprint density at radius 2 is 2.08 bits per heavy atom. The van der Waals surface area contributed by atoms with Crippen molar-refractivity contribution in [3.8, 4) is 0 Å². The Morgan fingerprint density at radius 1 is 1.36 bits per heavy atom. The van der Waals surface area contributed by atoms with Crippen molar-refractivity contribution in [1.82, 2.24) is 15.6 Å². The number of carbonyl (C=O) groups excluding carboxylic acids is 2. The van der Waals surface area contributed by atoms with Crippen molar-refractivity contribution in [2.45, 2.75) is 46.1 Å². The summed E-state index contributed by atoms with van der Waals surface area (Å²) >= 11 is 0. The molecule has 1 saturated heterocycles. The minimum absolute atomic E-state index is 0.165. The van der Waals surface area contributed by atoms with Gasteiger partial charge in [0.2, 0.25) is 11.8 Å². The van der Waals surface area contributed by atoms with Crippen LogP contribution < -0.4 is 16.0 Å². The standard InChI is InChI=1S/C18H24N4O3/c1-17(2,3)15-21-11-8-10(6-7-12(11)25-15)20-16(24)22-13-14(23)19-9-18(13,4)5/h6-8,13H,9H2,1-5H3,(H,19,23)(H2,20,22,24). The highest BCUT2D eigenvalue weighted by molar-refractivity contribution is 5.96. The lowest BCUT2D eigenvalue weighted by atomic mass is 9.87. The Labute approximate surface area is 146 Å². The van der Waals surface area contributed by atoms with Crippen LogP contribution in [0.2, 0.25) is 0 Å². The molecular weight excluding hydrogens is 320 g/mol. The van der Waals surface area contributed by atoms with E-state index in [1.807, 2.05) is 34.6 Å². The summed E-state index contributed by atoms with van der Waals surface area (Å²) in [5.74, 6) is 0.482. The Bertz CT molecular complexity index is 832. The van der Waals surface area contributed by atoms with Gasteiger partial charge < -0.3 is 20.4 Å². The van der Waals surface area contributed by atoms with Gasteiger partial charge in [0, 0.05) is 23.1 Å². The molecule has 1 atom stereocenters. The zero-order valence-corrected chi connectivity index (χ0v) is 15.2. The van der Waals surface area contributed by atoms with Gasteiger partial charge in [0.25, 0.3) is 0 Å². The van der Waals surface area contributed by atoms with Crippen LogP contribution in [0.1, 0.15) is 40.5 Å². The van der Waals surface area contributed by atoms with Crippen molar-refractivity contribution in [3.05, 3.63) is 24.1 Å². The quantitative estimate of drug-likeness (QED) is 0.780. The third-order valence-electron chi connectivity index (χ3n) is 4.32. The van der Waals surface area contributed by atoms with E-state index in [-0.39, 0.29) is 16.7 Å². The van der Waals surface area contributed by atoms with Gasteiger partial charge in [0.15, 0.2) is 5.58 Å². The average Bonchev–Trinajstić information content (AvgIpc) is 3.03. The number of hydrogen-bond donors (Lipinski definition) is 3. The van der Waals surface area contributed by atoms with Gasteiger partial charge >= 0.3 is 6.03 Å². The Hall–Kier alpha value is -2.57. The van der Waals surface area contributed by atoms with Crippen LogP contribution in [0, 0.1) is 5.41 Å². The normalized spacial score (nSPS) is 19.7. The number of amides is 3. The van der Waals surface area contributed by atoms with Crippen LogP contribution >= 0.6 is 0 Å². The number of rotatable bonds is 2. The molecule has 1 aliphatic rings. The van der Waals surface area contributed by atoms with Gasteiger partial charge in [-0.3, -0.25) is 4.79 Å². The molecule has 2 heterocycles. The highest BCUT2D eigenvalue weighted by Gasteiger charge is 2.42. The minimum Gasteiger partial charge on any atom is -0.440 e. The molecular formula is C18H24N4O3. The van der Waals surface area contributed by atoms with Gasteiger partial charge in [0.05, 0.1) is 0 Å². The maximum atomic E-state index is 12.3. The summed E-state index contributed by atoms with van der Waals surface area (Å²) in [4.78, 5) is 28.6. The molecule has 25 heavy (non-hydrogen) atoms. The van der Waals surface area contributed by atoms with Crippen LogP contribution in [-0.2, 0) is 10.2 Å². The maximum absolute atomic E-state index is 12.3. The second-order valence-electron chi connectivity index (χ2n) is 8.19. The van der Waals surface area contributed by atoms with Gasteiger partial charge in [-0.15, -0.1) is 0 Å². The van der Waals surface area contributed by atoms with Crippen molar-refractivity contribution in [1.29, 1.82) is 0 Å². The number of aromatic nitrogens is 1. The zero-order chi connectivity index (χ0) is 18.4. The van der Waals surface area contributed by atoms with Crippen LogP contribution in [-0.4, -0.2) is 29.5 Å². The molecule has 1 aliphatic heterocycles. The summed E-state index contributed by atoms with van der Waals surface area (Å²) in [6.45, 7) is 10.5. The molecule has 3 N–H and O–H groups in total. The molecule has 7 nitrogen and oxygen atoms in total. The Kier molecular flexibility index (Phi) is 3.97. The molecule has 2 aromatic rings. The summed E-state index contributed by atoms with van der Waals surface area (Å²) in [5, 5.41) is 8.26.